The molecular weight excluding hydrogens is 184 g/mol. The normalized spacial score (nSPS) is 32.7. The number of piperazine rings is 1. The Kier molecular flexibility index (Phi) is 3.17. The van der Waals surface area contributed by atoms with Gasteiger partial charge in [0.15, 0.2) is 0 Å². The Balaban J connectivity index is 2.02. The van der Waals surface area contributed by atoms with Crippen LogP contribution in [0.2, 0.25) is 0 Å². The molecule has 0 aromatic rings. The molecule has 0 radical (unpaired) electrons. The number of allylic oxidation sites excluding steroid dienone is 1. The fraction of sp³-hybridized carbons (Fsp3) is 0.846. The summed E-state index contributed by atoms with van der Waals surface area (Å²) in [6.45, 7) is 11.5. The van der Waals surface area contributed by atoms with E-state index >= 15 is 0 Å². The Morgan fingerprint density at radius 1 is 1.47 bits per heavy atom. The van der Waals surface area contributed by atoms with E-state index in [1.807, 2.05) is 0 Å². The van der Waals surface area contributed by atoms with Crippen LogP contribution in [0.3, 0.4) is 0 Å². The molecule has 0 aromatic carbocycles. The van der Waals surface area contributed by atoms with Gasteiger partial charge in [0.25, 0.3) is 0 Å². The standard InChI is InChI=1S/C13H24N2/c1-11(2)6-8-15-9-7-14-10-13(15,3)12-4-5-12/h6,12,14H,4-5,7-10H2,1-3H3. The van der Waals surface area contributed by atoms with E-state index in [0.717, 1.165) is 19.0 Å². The number of hydrogen-bond acceptors (Lipinski definition) is 2. The molecule has 1 saturated heterocycles. The number of nitrogens with zero attached hydrogens (tertiary/aromatic N) is 1. The molecule has 1 saturated carbocycles. The SMILES string of the molecule is CC(C)=CCN1CCNCC1(C)C1CC1. The lowest BCUT2D eigenvalue weighted by atomic mass is 9.91. The van der Waals surface area contributed by atoms with Gasteiger partial charge >= 0.3 is 0 Å². The zero-order chi connectivity index (χ0) is 10.9. The van der Waals surface area contributed by atoms with Crippen molar-refractivity contribution in [3.63, 3.8) is 0 Å². The van der Waals surface area contributed by atoms with Gasteiger partial charge in [-0.15, -0.1) is 0 Å². The lowest BCUT2D eigenvalue weighted by molar-refractivity contribution is 0.0678. The summed E-state index contributed by atoms with van der Waals surface area (Å²) in [6.07, 6.45) is 5.24. The maximum absolute atomic E-state index is 3.55. The van der Waals surface area contributed by atoms with E-state index in [9.17, 15) is 0 Å². The maximum Gasteiger partial charge on any atom is 0.0337 e. The fourth-order valence-corrected chi connectivity index (χ4v) is 2.62. The first kappa shape index (κ1) is 11.2. The second-order valence-corrected chi connectivity index (χ2v) is 5.54. The molecule has 1 aliphatic heterocycles. The molecule has 15 heavy (non-hydrogen) atoms. The van der Waals surface area contributed by atoms with E-state index < -0.39 is 0 Å². The number of rotatable bonds is 3. The number of hydrogen-bond donors (Lipinski definition) is 1. The molecule has 1 aliphatic carbocycles. The Labute approximate surface area is 93.7 Å². The average Bonchev–Trinajstić information content (AvgIpc) is 2.99. The van der Waals surface area contributed by atoms with Gasteiger partial charge in [-0.3, -0.25) is 4.90 Å². The molecule has 1 heterocycles. The minimum Gasteiger partial charge on any atom is -0.314 e. The molecule has 86 valence electrons. The van der Waals surface area contributed by atoms with Crippen LogP contribution in [-0.4, -0.2) is 36.6 Å². The predicted octanol–water partition coefficient (Wildman–Crippen LogP) is 2.03. The summed E-state index contributed by atoms with van der Waals surface area (Å²) in [4.78, 5) is 2.67. The van der Waals surface area contributed by atoms with Gasteiger partial charge < -0.3 is 5.32 Å². The van der Waals surface area contributed by atoms with Gasteiger partial charge in [0.05, 0.1) is 0 Å². The van der Waals surface area contributed by atoms with Crippen LogP contribution in [0.25, 0.3) is 0 Å². The summed E-state index contributed by atoms with van der Waals surface area (Å²) < 4.78 is 0. The molecule has 1 unspecified atom stereocenters. The van der Waals surface area contributed by atoms with Crippen molar-refractivity contribution < 1.29 is 0 Å². The highest BCUT2D eigenvalue weighted by atomic mass is 15.3. The van der Waals surface area contributed by atoms with E-state index in [2.05, 4.69) is 37.1 Å². The van der Waals surface area contributed by atoms with Crippen molar-refractivity contribution in [1.82, 2.24) is 10.2 Å². The zero-order valence-electron chi connectivity index (χ0n) is 10.3. The lowest BCUT2D eigenvalue weighted by Crippen LogP contribution is -2.60. The van der Waals surface area contributed by atoms with Crippen LogP contribution in [-0.2, 0) is 0 Å². The van der Waals surface area contributed by atoms with Gasteiger partial charge in [0.1, 0.15) is 0 Å². The summed E-state index contributed by atoms with van der Waals surface area (Å²) in [7, 11) is 0. The first-order valence-electron chi connectivity index (χ1n) is 6.22. The summed E-state index contributed by atoms with van der Waals surface area (Å²) in [6, 6.07) is 0. The van der Waals surface area contributed by atoms with Crippen molar-refractivity contribution in [1.29, 1.82) is 0 Å². The highest BCUT2D eigenvalue weighted by molar-refractivity contribution is 5.06. The summed E-state index contributed by atoms with van der Waals surface area (Å²) >= 11 is 0. The van der Waals surface area contributed by atoms with Gasteiger partial charge in [0.2, 0.25) is 0 Å². The minimum absolute atomic E-state index is 0.421. The Morgan fingerprint density at radius 3 is 2.80 bits per heavy atom. The minimum atomic E-state index is 0.421. The maximum atomic E-state index is 3.55. The predicted molar refractivity (Wildman–Crippen MR) is 65.0 cm³/mol. The fourth-order valence-electron chi connectivity index (χ4n) is 2.62. The van der Waals surface area contributed by atoms with Gasteiger partial charge in [0, 0.05) is 31.7 Å². The molecule has 2 fully saturated rings. The molecule has 2 rings (SSSR count). The Hall–Kier alpha value is -0.340. The first-order chi connectivity index (χ1) is 7.13. The van der Waals surface area contributed by atoms with Gasteiger partial charge in [-0.2, -0.15) is 0 Å². The van der Waals surface area contributed by atoms with E-state index in [0.29, 0.717) is 5.54 Å². The third-order valence-electron chi connectivity index (χ3n) is 3.94. The molecule has 1 N–H and O–H groups in total. The highest BCUT2D eigenvalue weighted by Crippen LogP contribution is 2.43. The van der Waals surface area contributed by atoms with Crippen molar-refractivity contribution in [2.24, 2.45) is 5.92 Å². The van der Waals surface area contributed by atoms with E-state index in [4.69, 9.17) is 0 Å². The molecule has 1 atom stereocenters. The molecular formula is C13H24N2. The Bertz CT molecular complexity index is 251. The highest BCUT2D eigenvalue weighted by Gasteiger charge is 2.46. The van der Waals surface area contributed by atoms with Gasteiger partial charge in [-0.25, -0.2) is 0 Å². The quantitative estimate of drug-likeness (QED) is 0.714. The van der Waals surface area contributed by atoms with Crippen molar-refractivity contribution >= 4 is 0 Å². The lowest BCUT2D eigenvalue weighted by Gasteiger charge is -2.45. The van der Waals surface area contributed by atoms with Gasteiger partial charge in [-0.05, 0) is 39.5 Å². The molecule has 2 nitrogen and oxygen atoms in total. The second kappa shape index (κ2) is 4.26. The third-order valence-corrected chi connectivity index (χ3v) is 3.94. The number of nitrogens with one attached hydrogen (secondary N) is 1. The topological polar surface area (TPSA) is 15.3 Å². The van der Waals surface area contributed by atoms with Crippen molar-refractivity contribution in [3.05, 3.63) is 11.6 Å². The summed E-state index contributed by atoms with van der Waals surface area (Å²) in [5.41, 5.74) is 1.86. The van der Waals surface area contributed by atoms with E-state index in [1.54, 1.807) is 0 Å². The smallest absolute Gasteiger partial charge is 0.0337 e. The molecule has 0 aromatic heterocycles. The third kappa shape index (κ3) is 2.43. The van der Waals surface area contributed by atoms with Crippen LogP contribution in [0.5, 0.6) is 0 Å². The molecule has 0 spiro atoms. The molecule has 0 bridgehead atoms. The molecule has 2 heteroatoms. The average molecular weight is 208 g/mol. The zero-order valence-corrected chi connectivity index (χ0v) is 10.3. The van der Waals surface area contributed by atoms with Crippen LogP contribution < -0.4 is 5.32 Å². The molecule has 0 amide bonds. The van der Waals surface area contributed by atoms with Crippen LogP contribution in [0.1, 0.15) is 33.6 Å². The van der Waals surface area contributed by atoms with Crippen molar-refractivity contribution in [2.75, 3.05) is 26.2 Å². The first-order valence-corrected chi connectivity index (χ1v) is 6.22. The van der Waals surface area contributed by atoms with E-state index in [1.165, 1.54) is 31.5 Å². The van der Waals surface area contributed by atoms with Crippen LogP contribution in [0.15, 0.2) is 11.6 Å². The summed E-state index contributed by atoms with van der Waals surface area (Å²) in [5.74, 6) is 0.941. The van der Waals surface area contributed by atoms with Gasteiger partial charge in [-0.1, -0.05) is 11.6 Å². The van der Waals surface area contributed by atoms with Crippen LogP contribution in [0.4, 0.5) is 0 Å². The Morgan fingerprint density at radius 2 is 2.20 bits per heavy atom. The van der Waals surface area contributed by atoms with Crippen molar-refractivity contribution in [3.8, 4) is 0 Å². The second-order valence-electron chi connectivity index (χ2n) is 5.54. The van der Waals surface area contributed by atoms with E-state index in [-0.39, 0.29) is 0 Å². The summed E-state index contributed by atoms with van der Waals surface area (Å²) in [5, 5.41) is 3.55. The van der Waals surface area contributed by atoms with Crippen LogP contribution in [0, 0.1) is 5.92 Å². The van der Waals surface area contributed by atoms with Crippen LogP contribution >= 0.6 is 0 Å². The molecule has 2 aliphatic rings. The largest absolute Gasteiger partial charge is 0.314 e. The monoisotopic (exact) mass is 208 g/mol. The van der Waals surface area contributed by atoms with Crippen molar-refractivity contribution in [2.45, 2.75) is 39.2 Å².